The second-order valence-corrected chi connectivity index (χ2v) is 5.92. The summed E-state index contributed by atoms with van der Waals surface area (Å²) in [5, 5.41) is 15.1. The third kappa shape index (κ3) is 4.05. The summed E-state index contributed by atoms with van der Waals surface area (Å²) in [7, 11) is 1.74. The van der Waals surface area contributed by atoms with E-state index in [0.717, 1.165) is 30.0 Å². The molecule has 3 rings (SSSR count). The monoisotopic (exact) mass is 354 g/mol. The molecule has 9 nitrogen and oxygen atoms in total. The van der Waals surface area contributed by atoms with E-state index in [0.29, 0.717) is 13.1 Å². The number of benzene rings is 1. The van der Waals surface area contributed by atoms with Gasteiger partial charge in [-0.3, -0.25) is 0 Å². The molecule has 2 heterocycles. The maximum absolute atomic E-state index is 12.4. The van der Waals surface area contributed by atoms with Gasteiger partial charge >= 0.3 is 6.03 Å². The molecule has 0 radical (unpaired) electrons. The molecule has 0 bridgehead atoms. The van der Waals surface area contributed by atoms with Crippen molar-refractivity contribution in [1.29, 1.82) is 0 Å². The van der Waals surface area contributed by atoms with Crippen LogP contribution < -0.4 is 5.32 Å². The Morgan fingerprint density at radius 3 is 2.88 bits per heavy atom. The molecule has 0 saturated carbocycles. The Kier molecular flexibility index (Phi) is 5.57. The fourth-order valence-electron chi connectivity index (χ4n) is 2.64. The number of urea groups is 1. The highest BCUT2D eigenvalue weighted by atomic mass is 16.2. The van der Waals surface area contributed by atoms with Gasteiger partial charge in [-0.2, -0.15) is 5.10 Å². The van der Waals surface area contributed by atoms with Gasteiger partial charge in [-0.25, -0.2) is 14.5 Å². The molecular formula is C17H22N8O. The second-order valence-electron chi connectivity index (χ2n) is 5.92. The van der Waals surface area contributed by atoms with Crippen LogP contribution in [0.15, 0.2) is 43.2 Å². The largest absolute Gasteiger partial charge is 0.334 e. The molecule has 9 heteroatoms. The third-order valence-corrected chi connectivity index (χ3v) is 3.97. The number of aromatic nitrogens is 6. The van der Waals surface area contributed by atoms with Crippen LogP contribution in [0.1, 0.15) is 24.7 Å². The lowest BCUT2D eigenvalue weighted by Crippen LogP contribution is -2.37. The molecule has 2 amide bonds. The van der Waals surface area contributed by atoms with Gasteiger partial charge in [-0.05, 0) is 18.1 Å². The number of hydrogen-bond acceptors (Lipinski definition) is 5. The lowest BCUT2D eigenvalue weighted by atomic mass is 10.2. The zero-order valence-electron chi connectivity index (χ0n) is 14.9. The van der Waals surface area contributed by atoms with Gasteiger partial charge < -0.3 is 14.8 Å². The van der Waals surface area contributed by atoms with Crippen molar-refractivity contribution in [1.82, 2.24) is 39.7 Å². The van der Waals surface area contributed by atoms with Crippen LogP contribution in [0.25, 0.3) is 5.69 Å². The minimum atomic E-state index is -0.176. The zero-order valence-corrected chi connectivity index (χ0v) is 14.9. The molecule has 136 valence electrons. The van der Waals surface area contributed by atoms with Gasteiger partial charge in [0.2, 0.25) is 0 Å². The SMILES string of the molecule is CCCn1cnnc1CN(C)C(=O)NCc1ccccc1-n1cncn1. The van der Waals surface area contributed by atoms with Gasteiger partial charge in [-0.1, -0.05) is 25.1 Å². The predicted molar refractivity (Wildman–Crippen MR) is 95.4 cm³/mol. The van der Waals surface area contributed by atoms with Crippen molar-refractivity contribution >= 4 is 6.03 Å². The van der Waals surface area contributed by atoms with Crippen molar-refractivity contribution in [2.24, 2.45) is 0 Å². The summed E-state index contributed by atoms with van der Waals surface area (Å²) in [6.45, 7) is 3.72. The van der Waals surface area contributed by atoms with E-state index in [4.69, 9.17) is 0 Å². The topological polar surface area (TPSA) is 93.8 Å². The van der Waals surface area contributed by atoms with Crippen molar-refractivity contribution in [3.8, 4) is 5.69 Å². The van der Waals surface area contributed by atoms with E-state index in [9.17, 15) is 4.79 Å². The fraction of sp³-hybridized carbons (Fsp3) is 0.353. The molecule has 0 aliphatic carbocycles. The summed E-state index contributed by atoms with van der Waals surface area (Å²) in [4.78, 5) is 18.0. The summed E-state index contributed by atoms with van der Waals surface area (Å²) in [5.41, 5.74) is 1.84. The van der Waals surface area contributed by atoms with Crippen LogP contribution in [0.4, 0.5) is 4.79 Å². The molecule has 0 unspecified atom stereocenters. The first-order chi connectivity index (χ1) is 12.7. The van der Waals surface area contributed by atoms with E-state index < -0.39 is 0 Å². The lowest BCUT2D eigenvalue weighted by Gasteiger charge is -2.18. The maximum Gasteiger partial charge on any atom is 0.317 e. The Hall–Kier alpha value is -3.23. The molecule has 1 aromatic carbocycles. The summed E-state index contributed by atoms with van der Waals surface area (Å²) >= 11 is 0. The average molecular weight is 354 g/mol. The Morgan fingerprint density at radius 1 is 1.27 bits per heavy atom. The van der Waals surface area contributed by atoms with Gasteiger partial charge in [0.25, 0.3) is 0 Å². The van der Waals surface area contributed by atoms with Gasteiger partial charge in [0.05, 0.1) is 12.2 Å². The van der Waals surface area contributed by atoms with Crippen molar-refractivity contribution in [2.75, 3.05) is 7.05 Å². The van der Waals surface area contributed by atoms with Crippen molar-refractivity contribution in [2.45, 2.75) is 33.0 Å². The maximum atomic E-state index is 12.4. The van der Waals surface area contributed by atoms with Gasteiger partial charge in [0, 0.05) is 20.1 Å². The molecule has 0 spiro atoms. The fourth-order valence-corrected chi connectivity index (χ4v) is 2.64. The van der Waals surface area contributed by atoms with Gasteiger partial charge in [-0.15, -0.1) is 10.2 Å². The quantitative estimate of drug-likeness (QED) is 0.696. The molecule has 0 saturated heterocycles. The van der Waals surface area contributed by atoms with E-state index in [-0.39, 0.29) is 6.03 Å². The highest BCUT2D eigenvalue weighted by Gasteiger charge is 2.13. The first kappa shape index (κ1) is 17.6. The van der Waals surface area contributed by atoms with Crippen LogP contribution in [0.5, 0.6) is 0 Å². The minimum absolute atomic E-state index is 0.176. The second kappa shape index (κ2) is 8.24. The number of amides is 2. The van der Waals surface area contributed by atoms with E-state index in [2.05, 4.69) is 32.5 Å². The highest BCUT2D eigenvalue weighted by Crippen LogP contribution is 2.12. The Balaban J connectivity index is 1.61. The number of carbonyl (C=O) groups is 1. The summed E-state index contributed by atoms with van der Waals surface area (Å²) in [6, 6.07) is 7.57. The molecule has 0 aliphatic heterocycles. The first-order valence-electron chi connectivity index (χ1n) is 8.47. The molecule has 2 aromatic heterocycles. The van der Waals surface area contributed by atoms with Crippen LogP contribution in [0.3, 0.4) is 0 Å². The van der Waals surface area contributed by atoms with Gasteiger partial charge in [0.15, 0.2) is 5.82 Å². The number of aryl methyl sites for hydroxylation is 1. The third-order valence-electron chi connectivity index (χ3n) is 3.97. The van der Waals surface area contributed by atoms with E-state index in [1.54, 1.807) is 29.3 Å². The Morgan fingerprint density at radius 2 is 2.12 bits per heavy atom. The molecular weight excluding hydrogens is 332 g/mol. The average Bonchev–Trinajstić information content (AvgIpc) is 3.33. The number of nitrogens with zero attached hydrogens (tertiary/aromatic N) is 7. The molecule has 26 heavy (non-hydrogen) atoms. The molecule has 0 aliphatic rings. The van der Waals surface area contributed by atoms with Crippen molar-refractivity contribution < 1.29 is 4.79 Å². The Bertz CT molecular complexity index is 842. The van der Waals surface area contributed by atoms with E-state index in [1.807, 2.05) is 28.8 Å². The highest BCUT2D eigenvalue weighted by molar-refractivity contribution is 5.73. The number of para-hydroxylation sites is 1. The number of nitrogens with one attached hydrogen (secondary N) is 1. The van der Waals surface area contributed by atoms with E-state index >= 15 is 0 Å². The standard InChI is InChI=1S/C17H22N8O/c1-3-8-24-13-20-22-16(24)10-23(2)17(26)19-9-14-6-4-5-7-15(14)25-12-18-11-21-25/h4-7,11-13H,3,8-10H2,1-2H3,(H,19,26). The molecule has 3 aromatic rings. The minimum Gasteiger partial charge on any atom is -0.334 e. The van der Waals surface area contributed by atoms with Crippen LogP contribution in [0, 0.1) is 0 Å². The van der Waals surface area contributed by atoms with Crippen molar-refractivity contribution in [3.63, 3.8) is 0 Å². The number of hydrogen-bond donors (Lipinski definition) is 1. The summed E-state index contributed by atoms with van der Waals surface area (Å²) < 4.78 is 3.64. The summed E-state index contributed by atoms with van der Waals surface area (Å²) in [5.74, 6) is 0.771. The predicted octanol–water partition coefficient (Wildman–Crippen LogP) is 1.61. The Labute approximate surface area is 151 Å². The van der Waals surface area contributed by atoms with Crippen LogP contribution in [-0.2, 0) is 19.6 Å². The van der Waals surface area contributed by atoms with Gasteiger partial charge in [0.1, 0.15) is 19.0 Å². The van der Waals surface area contributed by atoms with Crippen LogP contribution >= 0.6 is 0 Å². The normalized spacial score (nSPS) is 10.7. The molecule has 0 atom stereocenters. The van der Waals surface area contributed by atoms with Crippen LogP contribution in [-0.4, -0.2) is 47.5 Å². The van der Waals surface area contributed by atoms with Crippen molar-refractivity contribution in [3.05, 3.63) is 54.6 Å². The lowest BCUT2D eigenvalue weighted by molar-refractivity contribution is 0.204. The molecule has 1 N–H and O–H groups in total. The summed E-state index contributed by atoms with van der Waals surface area (Å²) in [6.07, 6.45) is 5.79. The van der Waals surface area contributed by atoms with E-state index in [1.165, 1.54) is 6.33 Å². The number of carbonyl (C=O) groups excluding carboxylic acids is 1. The zero-order chi connectivity index (χ0) is 18.4. The van der Waals surface area contributed by atoms with Crippen LogP contribution in [0.2, 0.25) is 0 Å². The number of rotatable bonds is 7. The smallest absolute Gasteiger partial charge is 0.317 e. The first-order valence-corrected chi connectivity index (χ1v) is 8.47. The molecule has 0 fully saturated rings.